The van der Waals surface area contributed by atoms with Crippen molar-refractivity contribution >= 4 is 22.4 Å². The molecule has 1 aromatic heterocycles. The molecule has 72 valence electrons. The van der Waals surface area contributed by atoms with E-state index in [9.17, 15) is 0 Å². The summed E-state index contributed by atoms with van der Waals surface area (Å²) in [6.07, 6.45) is 3.45. The zero-order valence-electron chi connectivity index (χ0n) is 9.99. The Kier molecular flexibility index (Phi) is 4.56. The SMILES string of the molecule is C[B-](C)(C)c1cncc2ccccc12.[K+]. The van der Waals surface area contributed by atoms with E-state index in [0.29, 0.717) is 0 Å². The van der Waals surface area contributed by atoms with E-state index in [2.05, 4.69) is 49.7 Å². The summed E-state index contributed by atoms with van der Waals surface area (Å²) in [7, 11) is 0. The van der Waals surface area contributed by atoms with Crippen LogP contribution in [0.3, 0.4) is 0 Å². The van der Waals surface area contributed by atoms with Crippen LogP contribution in [0.5, 0.6) is 0 Å². The monoisotopic (exact) mass is 223 g/mol. The summed E-state index contributed by atoms with van der Waals surface area (Å²) in [6.45, 7) is 6.84. The van der Waals surface area contributed by atoms with Gasteiger partial charge in [-0.2, -0.15) is 25.9 Å². The molecule has 0 bridgehead atoms. The van der Waals surface area contributed by atoms with E-state index in [-0.39, 0.29) is 51.4 Å². The molecule has 0 N–H and O–H groups in total. The predicted octanol–water partition coefficient (Wildman–Crippen LogP) is -0.216. The van der Waals surface area contributed by atoms with Crippen molar-refractivity contribution in [3.63, 3.8) is 0 Å². The molecule has 0 fully saturated rings. The first-order chi connectivity index (χ1) is 6.59. The fourth-order valence-corrected chi connectivity index (χ4v) is 1.83. The van der Waals surface area contributed by atoms with Crippen LogP contribution in [0.2, 0.25) is 20.5 Å². The second-order valence-electron chi connectivity index (χ2n) is 5.05. The molecule has 0 aliphatic heterocycles. The summed E-state index contributed by atoms with van der Waals surface area (Å²) >= 11 is 0. The third-order valence-corrected chi connectivity index (χ3v) is 2.63. The molecular formula is C12H15BKN. The second-order valence-corrected chi connectivity index (χ2v) is 5.05. The fourth-order valence-electron chi connectivity index (χ4n) is 1.83. The van der Waals surface area contributed by atoms with Gasteiger partial charge in [0.1, 0.15) is 0 Å². The Labute approximate surface area is 134 Å². The molecule has 1 heterocycles. The van der Waals surface area contributed by atoms with Crippen LogP contribution in [-0.4, -0.2) is 11.1 Å². The van der Waals surface area contributed by atoms with E-state index in [1.54, 1.807) is 0 Å². The van der Waals surface area contributed by atoms with Gasteiger partial charge in [0.25, 0.3) is 0 Å². The van der Waals surface area contributed by atoms with Crippen LogP contribution in [0.15, 0.2) is 36.7 Å². The normalized spacial score (nSPS) is 11.1. The first kappa shape index (κ1) is 13.4. The molecule has 0 unspecified atom stereocenters. The molecule has 3 heteroatoms. The van der Waals surface area contributed by atoms with Gasteiger partial charge in [-0.05, 0) is 11.6 Å². The second kappa shape index (κ2) is 5.11. The van der Waals surface area contributed by atoms with Gasteiger partial charge >= 0.3 is 51.4 Å². The third-order valence-electron chi connectivity index (χ3n) is 2.63. The van der Waals surface area contributed by atoms with Crippen LogP contribution in [0.4, 0.5) is 0 Å². The molecule has 15 heavy (non-hydrogen) atoms. The molecule has 1 nitrogen and oxygen atoms in total. The number of nitrogens with zero attached hydrogens (tertiary/aromatic N) is 1. The van der Waals surface area contributed by atoms with Gasteiger partial charge in [-0.15, -0.1) is 0 Å². The fraction of sp³-hybridized carbons (Fsp3) is 0.250. The topological polar surface area (TPSA) is 12.9 Å². The van der Waals surface area contributed by atoms with Crippen LogP contribution in [0, 0.1) is 0 Å². The Morgan fingerprint density at radius 2 is 1.67 bits per heavy atom. The van der Waals surface area contributed by atoms with Crippen molar-refractivity contribution in [2.24, 2.45) is 0 Å². The average molecular weight is 223 g/mol. The van der Waals surface area contributed by atoms with E-state index in [0.717, 1.165) is 0 Å². The third kappa shape index (κ3) is 2.92. The number of fused-ring (bicyclic) bond motifs is 1. The molecule has 1 aromatic carbocycles. The van der Waals surface area contributed by atoms with Gasteiger partial charge in [0.15, 0.2) is 0 Å². The van der Waals surface area contributed by atoms with Crippen LogP contribution in [-0.2, 0) is 0 Å². The summed E-state index contributed by atoms with van der Waals surface area (Å²) < 4.78 is 0. The minimum Gasteiger partial charge on any atom is -0.267 e. The molecule has 2 rings (SSSR count). The summed E-state index contributed by atoms with van der Waals surface area (Å²) in [5, 5.41) is 2.58. The number of hydrogen-bond donors (Lipinski definition) is 0. The summed E-state index contributed by atoms with van der Waals surface area (Å²) in [4.78, 5) is 4.29. The largest absolute Gasteiger partial charge is 1.00 e. The minimum atomic E-state index is -0.479. The molecule has 0 saturated carbocycles. The maximum atomic E-state index is 4.29. The van der Waals surface area contributed by atoms with Gasteiger partial charge in [-0.3, -0.25) is 4.98 Å². The first-order valence-corrected chi connectivity index (χ1v) is 5.19. The zero-order chi connectivity index (χ0) is 10.2. The van der Waals surface area contributed by atoms with Crippen molar-refractivity contribution in [3.8, 4) is 0 Å². The standard InChI is InChI=1S/C12H15BN.K/c1-13(2,3)12-9-14-8-10-6-4-5-7-11(10)12;/h4-9H,1-3H3;/q-1;+1. The number of pyridine rings is 1. The van der Waals surface area contributed by atoms with Gasteiger partial charge in [-0.1, -0.05) is 29.7 Å². The Hall–Kier alpha value is 0.331. The number of rotatable bonds is 1. The number of hydrogen-bond acceptors (Lipinski definition) is 1. The summed E-state index contributed by atoms with van der Waals surface area (Å²) in [6, 6.07) is 8.45. The Morgan fingerprint density at radius 3 is 2.33 bits per heavy atom. The molecule has 0 atom stereocenters. The van der Waals surface area contributed by atoms with E-state index >= 15 is 0 Å². The van der Waals surface area contributed by atoms with Crippen molar-refractivity contribution in [2.75, 3.05) is 0 Å². The average Bonchev–Trinajstić information content (AvgIpc) is 2.15. The van der Waals surface area contributed by atoms with Gasteiger partial charge in [-0.25, -0.2) is 0 Å². The molecule has 0 aliphatic rings. The van der Waals surface area contributed by atoms with Gasteiger partial charge in [0.05, 0.1) is 0 Å². The Balaban J connectivity index is 0.00000112. The van der Waals surface area contributed by atoms with Gasteiger partial charge in [0, 0.05) is 12.3 Å². The summed E-state index contributed by atoms with van der Waals surface area (Å²) in [5.74, 6) is 0. The molecule has 0 spiro atoms. The van der Waals surface area contributed by atoms with E-state index in [1.165, 1.54) is 16.2 Å². The van der Waals surface area contributed by atoms with E-state index in [4.69, 9.17) is 0 Å². The van der Waals surface area contributed by atoms with E-state index in [1.807, 2.05) is 12.4 Å². The zero-order valence-corrected chi connectivity index (χ0v) is 13.1. The minimum absolute atomic E-state index is 0. The van der Waals surface area contributed by atoms with Crippen molar-refractivity contribution in [2.45, 2.75) is 20.5 Å². The Morgan fingerprint density at radius 1 is 1.00 bits per heavy atom. The quantitative estimate of drug-likeness (QED) is 0.609. The van der Waals surface area contributed by atoms with E-state index < -0.39 is 6.15 Å². The molecule has 0 radical (unpaired) electrons. The van der Waals surface area contributed by atoms with Gasteiger partial charge < -0.3 is 0 Å². The van der Waals surface area contributed by atoms with Crippen molar-refractivity contribution < 1.29 is 51.4 Å². The maximum absolute atomic E-state index is 4.29. The van der Waals surface area contributed by atoms with Crippen molar-refractivity contribution in [3.05, 3.63) is 36.7 Å². The maximum Gasteiger partial charge on any atom is 1.00 e. The summed E-state index contributed by atoms with van der Waals surface area (Å²) in [5.41, 5.74) is 1.38. The van der Waals surface area contributed by atoms with Crippen molar-refractivity contribution in [1.29, 1.82) is 0 Å². The first-order valence-electron chi connectivity index (χ1n) is 5.19. The van der Waals surface area contributed by atoms with Gasteiger partial charge in [0.2, 0.25) is 0 Å². The number of aromatic nitrogens is 1. The Bertz CT molecular complexity index is 457. The van der Waals surface area contributed by atoms with Crippen molar-refractivity contribution in [1.82, 2.24) is 4.98 Å². The molecule has 2 aromatic rings. The molecule has 0 aliphatic carbocycles. The molecule has 0 amide bonds. The van der Waals surface area contributed by atoms with Crippen LogP contribution >= 0.6 is 0 Å². The predicted molar refractivity (Wildman–Crippen MR) is 64.7 cm³/mol. The number of benzene rings is 1. The smallest absolute Gasteiger partial charge is 0.267 e. The van der Waals surface area contributed by atoms with Crippen LogP contribution in [0.1, 0.15) is 0 Å². The van der Waals surface area contributed by atoms with Crippen LogP contribution in [0.25, 0.3) is 10.8 Å². The van der Waals surface area contributed by atoms with Crippen LogP contribution < -0.4 is 56.8 Å². The molecule has 0 saturated heterocycles. The molecular weight excluding hydrogens is 208 g/mol.